The molecule has 20 N–H and O–H groups in total. The Morgan fingerprint density at radius 2 is 1.09 bits per heavy atom. The van der Waals surface area contributed by atoms with Crippen LogP contribution in [0.5, 0.6) is 0 Å². The Hall–Kier alpha value is -6.08. The third-order valence-corrected chi connectivity index (χ3v) is 7.42. The quantitative estimate of drug-likeness (QED) is 0.0589. The molecule has 0 unspecified atom stereocenters. The normalized spacial score (nSPS) is 13.2. The first kappa shape index (κ1) is 50.9. The fourth-order valence-electron chi connectivity index (χ4n) is 3.95. The smallest absolute Gasteiger partial charge is 0.331 e. The molecule has 3 aromatic rings. The number of aryl methyl sites for hydroxylation is 1. The Kier molecular flexibility index (Phi) is 25.3. The number of hydrogen-bond donors (Lipinski definition) is 13. The van der Waals surface area contributed by atoms with E-state index in [2.05, 4.69) is 36.8 Å². The number of morpholine rings is 1. The first-order valence-electron chi connectivity index (χ1n) is 17.4. The predicted octanol–water partition coefficient (Wildman–Crippen LogP) is -1.80. The average Bonchev–Trinajstić information content (AvgIpc) is 3.72. The number of hydrazine groups is 5. The lowest BCUT2D eigenvalue weighted by Crippen LogP contribution is -2.52. The number of nitrogen functional groups attached to an aromatic ring is 4. The molecule has 0 aliphatic carbocycles. The molecule has 0 bridgehead atoms. The van der Waals surface area contributed by atoms with Gasteiger partial charge in [-0.15, -0.1) is 0 Å². The molecule has 57 heavy (non-hydrogen) atoms. The van der Waals surface area contributed by atoms with Gasteiger partial charge in [0.15, 0.2) is 0 Å². The number of aromatic nitrogens is 2. The number of rotatable bonds is 2. The van der Waals surface area contributed by atoms with Gasteiger partial charge < -0.3 is 30.9 Å². The summed E-state index contributed by atoms with van der Waals surface area (Å²) in [4.78, 5) is 59.6. The molecule has 2 aliphatic heterocycles. The average molecular weight is 804 g/mol. The Morgan fingerprint density at radius 3 is 1.40 bits per heavy atom. The van der Waals surface area contributed by atoms with Gasteiger partial charge in [-0.1, -0.05) is 38.5 Å². The molecule has 2 saturated heterocycles. The molecule has 7 amide bonds. The molecule has 0 atom stereocenters. The van der Waals surface area contributed by atoms with Crippen LogP contribution in [0.2, 0.25) is 0 Å². The molecule has 0 saturated carbocycles. The molecule has 3 heterocycles. The number of nitrogens with zero attached hydrogens (tertiary/aromatic N) is 4. The first-order valence-corrected chi connectivity index (χ1v) is 17.4. The van der Waals surface area contributed by atoms with Crippen LogP contribution in [0, 0.1) is 12.3 Å². The lowest BCUT2D eigenvalue weighted by Gasteiger charge is -2.31. The van der Waals surface area contributed by atoms with E-state index in [9.17, 15) is 24.0 Å². The topological polar surface area (TPSA) is 375 Å². The summed E-state index contributed by atoms with van der Waals surface area (Å²) in [7, 11) is 2.04. The van der Waals surface area contributed by atoms with Crippen LogP contribution in [-0.4, -0.2) is 114 Å². The number of urea groups is 2. The number of H-pyrrole nitrogens is 1. The number of nitrogens with two attached hydrogens (primary N) is 7. The van der Waals surface area contributed by atoms with Crippen molar-refractivity contribution in [2.75, 3.05) is 71.0 Å². The third-order valence-electron chi connectivity index (χ3n) is 7.42. The van der Waals surface area contributed by atoms with Gasteiger partial charge in [-0.3, -0.25) is 46.6 Å². The van der Waals surface area contributed by atoms with Crippen molar-refractivity contribution in [2.45, 2.75) is 27.7 Å². The Bertz CT molecular complexity index is 1520. The van der Waals surface area contributed by atoms with Crippen molar-refractivity contribution in [3.63, 3.8) is 0 Å². The SMILES string of the molecule is CC(C)(C)C(=O)NN.CN1CCN(C(=O)NN)CC1.Cc1ccc(C(=O)NN)cc1.NNC(=O)N1CCOCC1.NNC(=O)c1ccc(N)cc1.Nc1ccn[nH]1. The summed E-state index contributed by atoms with van der Waals surface area (Å²) in [5.41, 5.74) is 23.4. The summed E-state index contributed by atoms with van der Waals surface area (Å²) in [5, 5.41) is 6.10. The fourth-order valence-corrected chi connectivity index (χ4v) is 3.95. The van der Waals surface area contributed by atoms with E-state index in [1.54, 1.807) is 79.2 Å². The van der Waals surface area contributed by atoms with Crippen molar-refractivity contribution < 1.29 is 28.7 Å². The standard InChI is InChI=1S/C8H10N2O.C7H9N3O.C6H14N4O.C5H11N3O2.C5H12N2O.C3H5N3/c1-6-2-4-7(5-3-6)8(11)10-9;8-6-3-1-5(2-4-6)7(11)10-9;1-9-2-4-10(5-3-9)6(11)8-7;6-7-5(9)8-1-3-10-4-2-8;1-5(2,3)4(8)7-6;4-3-1-2-5-6-3/h2-5H,9H2,1H3,(H,10,11);1-4H,8-9H2,(H,10,11);2-5,7H2,1H3,(H,8,11);1-4,6H2,(H,7,9);6H2,1-3H3,(H,7,8);1-2H,(H3,4,5,6). The largest absolute Gasteiger partial charge is 0.399 e. The Labute approximate surface area is 332 Å². The van der Waals surface area contributed by atoms with Crippen molar-refractivity contribution >= 4 is 41.3 Å². The number of carbonyl (C=O) groups is 5. The number of carbonyl (C=O) groups excluding carboxylic acids is 5. The van der Waals surface area contributed by atoms with Gasteiger partial charge in [-0.25, -0.2) is 38.8 Å². The molecular weight excluding hydrogens is 742 g/mol. The minimum atomic E-state index is -0.366. The number of benzene rings is 2. The highest BCUT2D eigenvalue weighted by molar-refractivity contribution is 5.94. The van der Waals surface area contributed by atoms with Crippen molar-refractivity contribution in [3.8, 4) is 0 Å². The fraction of sp³-hybridized carbons (Fsp3) is 0.412. The van der Waals surface area contributed by atoms with E-state index in [0.717, 1.165) is 31.7 Å². The molecule has 1 aromatic heterocycles. The second kappa shape index (κ2) is 28.3. The minimum absolute atomic E-state index is 0.141. The minimum Gasteiger partial charge on any atom is -0.399 e. The summed E-state index contributed by atoms with van der Waals surface area (Å²) in [6.45, 7) is 13.2. The highest BCUT2D eigenvalue weighted by Gasteiger charge is 2.19. The van der Waals surface area contributed by atoms with Crippen LogP contribution in [0.3, 0.4) is 0 Å². The second-order valence-corrected chi connectivity index (χ2v) is 13.0. The monoisotopic (exact) mass is 803 g/mol. The van der Waals surface area contributed by atoms with Gasteiger partial charge >= 0.3 is 12.1 Å². The van der Waals surface area contributed by atoms with Gasteiger partial charge in [0, 0.05) is 61.5 Å². The van der Waals surface area contributed by atoms with E-state index in [1.807, 2.05) is 31.5 Å². The van der Waals surface area contributed by atoms with Crippen LogP contribution >= 0.6 is 0 Å². The highest BCUT2D eigenvalue weighted by atomic mass is 16.5. The number of aromatic amines is 1. The summed E-state index contributed by atoms with van der Waals surface area (Å²) in [5.74, 6) is 24.5. The molecule has 2 aliphatic rings. The van der Waals surface area contributed by atoms with Crippen molar-refractivity contribution in [2.24, 2.45) is 34.6 Å². The lowest BCUT2D eigenvalue weighted by molar-refractivity contribution is -0.128. The molecule has 23 heteroatoms. The summed E-state index contributed by atoms with van der Waals surface area (Å²) < 4.78 is 5.03. The van der Waals surface area contributed by atoms with Crippen LogP contribution in [0.25, 0.3) is 0 Å². The van der Waals surface area contributed by atoms with E-state index >= 15 is 0 Å². The molecular formula is C34H61N17O6. The van der Waals surface area contributed by atoms with Crippen LogP contribution in [0.1, 0.15) is 47.1 Å². The van der Waals surface area contributed by atoms with Gasteiger partial charge in [0.25, 0.3) is 11.8 Å². The number of likely N-dealkylation sites (N-methyl/N-ethyl adjacent to an activating group) is 1. The molecule has 0 spiro atoms. The van der Waals surface area contributed by atoms with Crippen LogP contribution < -0.4 is 67.8 Å². The van der Waals surface area contributed by atoms with Crippen LogP contribution in [-0.2, 0) is 9.53 Å². The summed E-state index contributed by atoms with van der Waals surface area (Å²) in [6, 6.07) is 15.0. The van der Waals surface area contributed by atoms with Gasteiger partial charge in [0.05, 0.1) is 19.4 Å². The predicted molar refractivity (Wildman–Crippen MR) is 217 cm³/mol. The van der Waals surface area contributed by atoms with E-state index in [4.69, 9.17) is 45.4 Å². The zero-order valence-corrected chi connectivity index (χ0v) is 33.2. The van der Waals surface area contributed by atoms with Crippen LogP contribution in [0.4, 0.5) is 21.1 Å². The number of amides is 7. The summed E-state index contributed by atoms with van der Waals surface area (Å²) in [6.07, 6.45) is 1.61. The molecule has 5 rings (SSSR count). The van der Waals surface area contributed by atoms with Gasteiger partial charge in [-0.05, 0) is 56.4 Å². The molecule has 23 nitrogen and oxygen atoms in total. The second-order valence-electron chi connectivity index (χ2n) is 13.0. The lowest BCUT2D eigenvalue weighted by atomic mass is 9.96. The maximum Gasteiger partial charge on any atom is 0.331 e. The van der Waals surface area contributed by atoms with E-state index in [1.165, 1.54) is 0 Å². The van der Waals surface area contributed by atoms with Crippen molar-refractivity contribution in [3.05, 3.63) is 77.5 Å². The molecule has 0 radical (unpaired) electrons. The van der Waals surface area contributed by atoms with E-state index in [0.29, 0.717) is 48.9 Å². The van der Waals surface area contributed by atoms with Crippen molar-refractivity contribution in [1.29, 1.82) is 0 Å². The van der Waals surface area contributed by atoms with Gasteiger partial charge in [-0.2, -0.15) is 5.10 Å². The number of ether oxygens (including phenoxy) is 1. The van der Waals surface area contributed by atoms with E-state index in [-0.39, 0.29) is 35.2 Å². The molecule has 2 aromatic carbocycles. The Morgan fingerprint density at radius 1 is 0.649 bits per heavy atom. The number of hydrogen-bond acceptors (Lipinski definition) is 15. The molecule has 2 fully saturated rings. The molecule has 318 valence electrons. The zero-order chi connectivity index (χ0) is 43.4. The summed E-state index contributed by atoms with van der Waals surface area (Å²) >= 11 is 0. The zero-order valence-electron chi connectivity index (χ0n) is 33.2. The van der Waals surface area contributed by atoms with Crippen molar-refractivity contribution in [1.82, 2.24) is 52.0 Å². The third kappa shape index (κ3) is 22.8. The first-order chi connectivity index (χ1) is 26.9. The highest BCUT2D eigenvalue weighted by Crippen LogP contribution is 2.11. The maximum atomic E-state index is 10.9. The number of piperazine rings is 1. The number of anilines is 2. The maximum absolute atomic E-state index is 10.9. The van der Waals surface area contributed by atoms with Gasteiger partial charge in [0.2, 0.25) is 5.91 Å². The van der Waals surface area contributed by atoms with Crippen LogP contribution in [0.15, 0.2) is 60.8 Å². The van der Waals surface area contributed by atoms with Gasteiger partial charge in [0.1, 0.15) is 5.82 Å². The Balaban J connectivity index is 0.000000667. The van der Waals surface area contributed by atoms with E-state index < -0.39 is 0 Å². The number of nitrogens with one attached hydrogen (secondary N) is 6.